The highest BCUT2D eigenvalue weighted by Gasteiger charge is 2.46. The van der Waals surface area contributed by atoms with Gasteiger partial charge in [-0.15, -0.1) is 0 Å². The summed E-state index contributed by atoms with van der Waals surface area (Å²) in [6, 6.07) is 9.25. The molecule has 2 aromatic carbocycles. The van der Waals surface area contributed by atoms with E-state index in [0.29, 0.717) is 11.9 Å². The van der Waals surface area contributed by atoms with Gasteiger partial charge in [0.25, 0.3) is 23.6 Å². The Morgan fingerprint density at radius 3 is 2.34 bits per heavy atom. The second-order valence-electron chi connectivity index (χ2n) is 12.7. The maximum atomic E-state index is 13.2. The lowest BCUT2D eigenvalue weighted by molar-refractivity contribution is -0.136. The Morgan fingerprint density at radius 2 is 1.62 bits per heavy atom. The number of nitrogens with zero attached hydrogens (tertiary/aromatic N) is 1. The van der Waals surface area contributed by atoms with Gasteiger partial charge in [-0.3, -0.25) is 43.8 Å². The number of fused-ring (bicyclic) bond motifs is 2. The normalized spacial score (nSPS) is 15.6. The van der Waals surface area contributed by atoms with E-state index < -0.39 is 35.6 Å². The molecule has 3 aromatic rings. The second kappa shape index (κ2) is 16.9. The molecular weight excluding hydrogens is 642 g/mol. The Labute approximate surface area is 289 Å². The van der Waals surface area contributed by atoms with E-state index in [0.717, 1.165) is 80.2 Å². The molecule has 0 bridgehead atoms. The van der Waals surface area contributed by atoms with Crippen molar-refractivity contribution < 1.29 is 33.5 Å². The van der Waals surface area contributed by atoms with E-state index in [4.69, 9.17) is 4.74 Å². The molecular formula is C37H43N5O8. The third-order valence-corrected chi connectivity index (χ3v) is 9.17. The van der Waals surface area contributed by atoms with Crippen LogP contribution in [0.4, 0.5) is 0 Å². The summed E-state index contributed by atoms with van der Waals surface area (Å²) in [4.78, 5) is 90.9. The molecule has 0 saturated carbocycles. The zero-order valence-electron chi connectivity index (χ0n) is 28.2. The van der Waals surface area contributed by atoms with Crippen molar-refractivity contribution in [2.45, 2.75) is 83.1 Å². The van der Waals surface area contributed by atoms with Crippen molar-refractivity contribution in [1.82, 2.24) is 25.8 Å². The van der Waals surface area contributed by atoms with Crippen LogP contribution in [0.15, 0.2) is 47.4 Å². The first-order valence-corrected chi connectivity index (χ1v) is 17.3. The Morgan fingerprint density at radius 1 is 0.900 bits per heavy atom. The van der Waals surface area contributed by atoms with Crippen molar-refractivity contribution in [3.63, 3.8) is 0 Å². The number of nitrogens with one attached hydrogen (secondary N) is 4. The largest absolute Gasteiger partial charge is 0.483 e. The summed E-state index contributed by atoms with van der Waals surface area (Å²) in [5.41, 5.74) is 1.76. The first-order valence-electron chi connectivity index (χ1n) is 17.3. The summed E-state index contributed by atoms with van der Waals surface area (Å²) in [5, 5.41) is 8.02. The van der Waals surface area contributed by atoms with Gasteiger partial charge >= 0.3 is 0 Å². The number of benzene rings is 2. The zero-order valence-corrected chi connectivity index (χ0v) is 28.2. The van der Waals surface area contributed by atoms with Crippen LogP contribution in [-0.2, 0) is 20.8 Å². The highest BCUT2D eigenvalue weighted by Crippen LogP contribution is 2.33. The van der Waals surface area contributed by atoms with Crippen LogP contribution in [0.3, 0.4) is 0 Å². The SMILES string of the molecule is CNC(=O)c1c[nH]c2ccc(CCCCCCCCCCCNC(=O)COc3cccc4c3C(=O)N(C3CCC(=O)NC3=O)C4=O)cc2c1=O. The minimum Gasteiger partial charge on any atom is -0.483 e. The van der Waals surface area contributed by atoms with Gasteiger partial charge in [-0.05, 0) is 55.5 Å². The number of carbonyl (C=O) groups is 6. The Kier molecular flexibility index (Phi) is 12.1. The molecule has 3 heterocycles. The molecule has 0 spiro atoms. The number of hydrogen-bond donors (Lipinski definition) is 4. The number of amides is 6. The molecule has 13 nitrogen and oxygen atoms in total. The molecule has 0 aliphatic carbocycles. The molecule has 4 N–H and O–H groups in total. The van der Waals surface area contributed by atoms with Gasteiger partial charge in [-0.2, -0.15) is 0 Å². The summed E-state index contributed by atoms with van der Waals surface area (Å²) in [5.74, 6) is -3.11. The van der Waals surface area contributed by atoms with Crippen LogP contribution in [-0.4, -0.2) is 71.6 Å². The quantitative estimate of drug-likeness (QED) is 0.123. The Hall–Kier alpha value is -5.33. The zero-order chi connectivity index (χ0) is 35.6. The lowest BCUT2D eigenvalue weighted by atomic mass is 10.0. The minimum absolute atomic E-state index is 0.0105. The summed E-state index contributed by atoms with van der Waals surface area (Å²) in [7, 11) is 1.50. The van der Waals surface area contributed by atoms with E-state index in [1.165, 1.54) is 25.4 Å². The van der Waals surface area contributed by atoms with Gasteiger partial charge in [0, 0.05) is 37.1 Å². The number of aromatic amines is 1. The van der Waals surface area contributed by atoms with Crippen LogP contribution in [0, 0.1) is 0 Å². The van der Waals surface area contributed by atoms with E-state index in [1.807, 2.05) is 18.2 Å². The molecule has 5 rings (SSSR count). The summed E-state index contributed by atoms with van der Waals surface area (Å²) in [6.07, 6.45) is 12.0. The number of imide groups is 2. The van der Waals surface area contributed by atoms with Crippen LogP contribution in [0.25, 0.3) is 10.9 Å². The van der Waals surface area contributed by atoms with Gasteiger partial charge in [0.15, 0.2) is 6.61 Å². The van der Waals surface area contributed by atoms with Gasteiger partial charge in [0.05, 0.1) is 11.1 Å². The predicted molar refractivity (Wildman–Crippen MR) is 185 cm³/mol. The fraction of sp³-hybridized carbons (Fsp3) is 0.432. The number of ether oxygens (including phenoxy) is 1. The standard InChI is InChI=1S/C37H43N5O8/c1-38-34(46)26-21-40-27-16-15-23(20-25(27)33(26)45)12-9-7-5-3-2-4-6-8-10-19-39-31(44)22-50-29-14-11-13-24-32(29)37(49)42(36(24)48)28-17-18-30(43)41-35(28)47/h11,13-16,20-21,28H,2-10,12,17-19,22H2,1H3,(H,38,46)(H,39,44)(H,40,45)(H,41,43,47). The van der Waals surface area contributed by atoms with Crippen LogP contribution >= 0.6 is 0 Å². The third kappa shape index (κ3) is 8.44. The van der Waals surface area contributed by atoms with Crippen molar-refractivity contribution in [3.8, 4) is 5.75 Å². The molecule has 1 atom stereocenters. The molecule has 1 unspecified atom stereocenters. The van der Waals surface area contributed by atoms with Crippen LogP contribution < -0.4 is 26.1 Å². The average Bonchev–Trinajstić information content (AvgIpc) is 3.37. The monoisotopic (exact) mass is 685 g/mol. The first-order chi connectivity index (χ1) is 24.2. The molecule has 264 valence electrons. The predicted octanol–water partition coefficient (Wildman–Crippen LogP) is 3.54. The Balaban J connectivity index is 0.922. The topological polar surface area (TPSA) is 184 Å². The summed E-state index contributed by atoms with van der Waals surface area (Å²) in [6.45, 7) is 0.178. The maximum absolute atomic E-state index is 13.2. The number of piperidine rings is 1. The van der Waals surface area contributed by atoms with E-state index in [-0.39, 0.29) is 53.2 Å². The summed E-state index contributed by atoms with van der Waals surface area (Å²) >= 11 is 0. The van der Waals surface area contributed by atoms with Crippen LogP contribution in [0.5, 0.6) is 5.75 Å². The van der Waals surface area contributed by atoms with Crippen molar-refractivity contribution in [1.29, 1.82) is 0 Å². The van der Waals surface area contributed by atoms with Gasteiger partial charge in [0.1, 0.15) is 17.4 Å². The molecule has 1 fully saturated rings. The number of aryl methyl sites for hydroxylation is 1. The smallest absolute Gasteiger partial charge is 0.266 e. The number of rotatable bonds is 17. The van der Waals surface area contributed by atoms with E-state index in [1.54, 1.807) is 6.07 Å². The van der Waals surface area contributed by atoms with Gasteiger partial charge in [-0.1, -0.05) is 57.1 Å². The fourth-order valence-electron chi connectivity index (χ4n) is 6.44. The van der Waals surface area contributed by atoms with Crippen LogP contribution in [0.1, 0.15) is 107 Å². The highest BCUT2D eigenvalue weighted by molar-refractivity contribution is 6.24. The summed E-state index contributed by atoms with van der Waals surface area (Å²) < 4.78 is 5.63. The first kappa shape index (κ1) is 36.0. The van der Waals surface area contributed by atoms with Gasteiger partial charge in [0.2, 0.25) is 17.2 Å². The van der Waals surface area contributed by atoms with E-state index in [9.17, 15) is 33.6 Å². The van der Waals surface area contributed by atoms with E-state index in [2.05, 4.69) is 20.9 Å². The van der Waals surface area contributed by atoms with Gasteiger partial charge < -0.3 is 20.4 Å². The molecule has 1 aromatic heterocycles. The average molecular weight is 686 g/mol. The van der Waals surface area contributed by atoms with Crippen molar-refractivity contribution >= 4 is 46.3 Å². The fourth-order valence-corrected chi connectivity index (χ4v) is 6.44. The van der Waals surface area contributed by atoms with E-state index >= 15 is 0 Å². The molecule has 6 amide bonds. The molecule has 13 heteroatoms. The molecule has 2 aliphatic heterocycles. The number of aromatic nitrogens is 1. The maximum Gasteiger partial charge on any atom is 0.266 e. The van der Waals surface area contributed by atoms with Crippen molar-refractivity contribution in [2.24, 2.45) is 0 Å². The lowest BCUT2D eigenvalue weighted by Crippen LogP contribution is -2.54. The third-order valence-electron chi connectivity index (χ3n) is 9.17. The highest BCUT2D eigenvalue weighted by atomic mass is 16.5. The molecule has 2 aliphatic rings. The molecule has 50 heavy (non-hydrogen) atoms. The number of H-pyrrole nitrogens is 1. The Bertz CT molecular complexity index is 1850. The van der Waals surface area contributed by atoms with Gasteiger partial charge in [-0.25, -0.2) is 0 Å². The number of unbranched alkanes of at least 4 members (excludes halogenated alkanes) is 8. The van der Waals surface area contributed by atoms with Crippen LogP contribution in [0.2, 0.25) is 0 Å². The second-order valence-corrected chi connectivity index (χ2v) is 12.7. The minimum atomic E-state index is -1.08. The van der Waals surface area contributed by atoms with Crippen molar-refractivity contribution in [2.75, 3.05) is 20.2 Å². The van der Waals surface area contributed by atoms with Crippen molar-refractivity contribution in [3.05, 3.63) is 75.1 Å². The number of hydrogen-bond acceptors (Lipinski definition) is 8. The lowest BCUT2D eigenvalue weighted by Gasteiger charge is -2.27. The molecule has 0 radical (unpaired) electrons. The number of carbonyl (C=O) groups excluding carboxylic acids is 6. The molecule has 1 saturated heterocycles. The number of pyridine rings is 1.